The molecule has 0 unspecified atom stereocenters. The molecular formula is C18H34O. The zero-order valence-corrected chi connectivity index (χ0v) is 13.2. The van der Waals surface area contributed by atoms with Crippen LogP contribution in [-0.2, 0) is 4.79 Å². The first-order valence-electron chi connectivity index (χ1n) is 8.37. The number of hydrogen-bond donors (Lipinski definition) is 0. The lowest BCUT2D eigenvalue weighted by Gasteiger charge is -2.04. The minimum absolute atomic E-state index is 0.862. The highest BCUT2D eigenvalue weighted by atomic mass is 16.1. The van der Waals surface area contributed by atoms with E-state index in [0.717, 1.165) is 18.6 Å². The van der Waals surface area contributed by atoms with Gasteiger partial charge in [0.2, 0.25) is 0 Å². The summed E-state index contributed by atoms with van der Waals surface area (Å²) in [5.74, 6) is 0.876. The third-order valence-corrected chi connectivity index (χ3v) is 3.62. The van der Waals surface area contributed by atoms with Crippen molar-refractivity contribution in [2.24, 2.45) is 5.92 Å². The molecular weight excluding hydrogens is 232 g/mol. The zero-order valence-electron chi connectivity index (χ0n) is 13.2. The van der Waals surface area contributed by atoms with Crippen LogP contribution in [0.4, 0.5) is 0 Å². The lowest BCUT2D eigenvalue weighted by atomic mass is 10.0. The predicted molar refractivity (Wildman–Crippen MR) is 85.4 cm³/mol. The minimum Gasteiger partial charge on any atom is -0.299 e. The van der Waals surface area contributed by atoms with Crippen LogP contribution in [0.2, 0.25) is 0 Å². The molecule has 0 aromatic heterocycles. The second-order valence-electron chi connectivity index (χ2n) is 6.07. The first-order valence-corrected chi connectivity index (χ1v) is 8.37. The van der Waals surface area contributed by atoms with E-state index in [9.17, 15) is 4.79 Å². The molecule has 19 heavy (non-hydrogen) atoms. The molecule has 0 bridgehead atoms. The molecule has 0 aliphatic heterocycles. The van der Waals surface area contributed by atoms with Crippen LogP contribution in [0.1, 0.15) is 90.9 Å². The Labute approximate surface area is 120 Å². The molecule has 0 aromatic carbocycles. The molecule has 0 saturated heterocycles. The van der Waals surface area contributed by atoms with Gasteiger partial charge in [0.15, 0.2) is 0 Å². The normalized spacial score (nSPS) is 11.5. The summed E-state index contributed by atoms with van der Waals surface area (Å²) in [6.45, 7) is 4.63. The van der Waals surface area contributed by atoms with E-state index >= 15 is 0 Å². The van der Waals surface area contributed by atoms with Gasteiger partial charge in [0.1, 0.15) is 6.29 Å². The van der Waals surface area contributed by atoms with Crippen LogP contribution in [0.5, 0.6) is 0 Å². The zero-order chi connectivity index (χ0) is 14.2. The van der Waals surface area contributed by atoms with Gasteiger partial charge in [-0.25, -0.2) is 0 Å². The largest absolute Gasteiger partial charge is 0.299 e. The Balaban J connectivity index is 2.99. The van der Waals surface area contributed by atoms with Gasteiger partial charge in [-0.15, -0.1) is 0 Å². The first-order chi connectivity index (χ1) is 9.27. The van der Waals surface area contributed by atoms with Crippen molar-refractivity contribution in [2.45, 2.75) is 90.9 Å². The van der Waals surface area contributed by atoms with Crippen LogP contribution in [0.15, 0.2) is 12.2 Å². The van der Waals surface area contributed by atoms with Crippen LogP contribution >= 0.6 is 0 Å². The van der Waals surface area contributed by atoms with Gasteiger partial charge in [0.25, 0.3) is 0 Å². The van der Waals surface area contributed by atoms with E-state index in [0.29, 0.717) is 0 Å². The topological polar surface area (TPSA) is 17.1 Å². The van der Waals surface area contributed by atoms with Crippen LogP contribution in [0.3, 0.4) is 0 Å². The quantitative estimate of drug-likeness (QED) is 0.211. The van der Waals surface area contributed by atoms with Crippen molar-refractivity contribution in [1.29, 1.82) is 0 Å². The van der Waals surface area contributed by atoms with Crippen molar-refractivity contribution < 1.29 is 4.79 Å². The summed E-state index contributed by atoms with van der Waals surface area (Å²) in [4.78, 5) is 10.1. The Morgan fingerprint density at radius 2 is 1.21 bits per heavy atom. The monoisotopic (exact) mass is 266 g/mol. The third kappa shape index (κ3) is 17.4. The van der Waals surface area contributed by atoms with E-state index in [-0.39, 0.29) is 0 Å². The van der Waals surface area contributed by atoms with Crippen molar-refractivity contribution in [1.82, 2.24) is 0 Å². The third-order valence-electron chi connectivity index (χ3n) is 3.62. The molecule has 0 spiro atoms. The molecule has 0 N–H and O–H groups in total. The van der Waals surface area contributed by atoms with Crippen molar-refractivity contribution in [3.8, 4) is 0 Å². The fourth-order valence-corrected chi connectivity index (χ4v) is 2.38. The van der Waals surface area contributed by atoms with Crippen LogP contribution in [0, 0.1) is 5.92 Å². The van der Waals surface area contributed by atoms with Gasteiger partial charge in [-0.2, -0.15) is 0 Å². The molecule has 0 radical (unpaired) electrons. The number of hydrogen-bond acceptors (Lipinski definition) is 1. The van der Waals surface area contributed by atoms with Crippen LogP contribution < -0.4 is 0 Å². The Morgan fingerprint density at radius 3 is 1.68 bits per heavy atom. The Kier molecular flexibility index (Phi) is 15.0. The van der Waals surface area contributed by atoms with Crippen molar-refractivity contribution in [3.05, 3.63) is 12.2 Å². The smallest absolute Gasteiger partial charge is 0.142 e. The minimum atomic E-state index is 0.862. The van der Waals surface area contributed by atoms with E-state index in [4.69, 9.17) is 0 Å². The van der Waals surface area contributed by atoms with E-state index in [1.807, 2.05) is 6.08 Å². The Morgan fingerprint density at radius 1 is 0.737 bits per heavy atom. The van der Waals surface area contributed by atoms with E-state index in [1.54, 1.807) is 6.08 Å². The first kappa shape index (κ1) is 18.4. The highest BCUT2D eigenvalue weighted by Crippen LogP contribution is 2.13. The van der Waals surface area contributed by atoms with Gasteiger partial charge in [0.05, 0.1) is 0 Å². The summed E-state index contributed by atoms with van der Waals surface area (Å²) >= 11 is 0. The highest BCUT2D eigenvalue weighted by molar-refractivity contribution is 5.64. The Hall–Kier alpha value is -0.590. The summed E-state index contributed by atoms with van der Waals surface area (Å²) in [5, 5.41) is 0. The molecule has 0 amide bonds. The number of aldehydes is 1. The average molecular weight is 266 g/mol. The molecule has 0 aromatic rings. The predicted octanol–water partition coefficient (Wildman–Crippen LogP) is 6.08. The Bertz CT molecular complexity index is 206. The van der Waals surface area contributed by atoms with Crippen molar-refractivity contribution in [3.63, 3.8) is 0 Å². The summed E-state index contributed by atoms with van der Waals surface area (Å²) in [6.07, 6.45) is 20.8. The molecule has 1 heteroatoms. The van der Waals surface area contributed by atoms with Gasteiger partial charge >= 0.3 is 0 Å². The number of carbonyl (C=O) groups is 1. The summed E-state index contributed by atoms with van der Waals surface area (Å²) in [7, 11) is 0. The van der Waals surface area contributed by atoms with Crippen LogP contribution in [0.25, 0.3) is 0 Å². The SMILES string of the molecule is CC(C)CCCCCCCCCCCC/C=C/C=O. The molecule has 0 atom stereocenters. The van der Waals surface area contributed by atoms with E-state index in [1.165, 1.54) is 70.6 Å². The standard InChI is InChI=1S/C18H34O/c1-18(2)16-14-12-10-8-6-4-3-5-7-9-11-13-15-17-19/h13,15,17-18H,3-12,14,16H2,1-2H3/b15-13+. The molecule has 0 aliphatic carbocycles. The summed E-state index contributed by atoms with van der Waals surface area (Å²) in [5.41, 5.74) is 0. The van der Waals surface area contributed by atoms with Gasteiger partial charge in [-0.1, -0.05) is 84.1 Å². The molecule has 0 aliphatic rings. The summed E-state index contributed by atoms with van der Waals surface area (Å²) < 4.78 is 0. The average Bonchev–Trinajstić information content (AvgIpc) is 2.39. The lowest BCUT2D eigenvalue weighted by molar-refractivity contribution is -0.104. The molecule has 0 saturated carbocycles. The highest BCUT2D eigenvalue weighted by Gasteiger charge is 1.95. The maximum Gasteiger partial charge on any atom is 0.142 e. The molecule has 112 valence electrons. The maximum absolute atomic E-state index is 10.1. The van der Waals surface area contributed by atoms with Crippen LogP contribution in [-0.4, -0.2) is 6.29 Å². The van der Waals surface area contributed by atoms with E-state index in [2.05, 4.69) is 13.8 Å². The van der Waals surface area contributed by atoms with Gasteiger partial charge < -0.3 is 0 Å². The summed E-state index contributed by atoms with van der Waals surface area (Å²) in [6, 6.07) is 0. The van der Waals surface area contributed by atoms with Gasteiger partial charge in [-0.05, 0) is 24.8 Å². The number of rotatable bonds is 14. The second kappa shape index (κ2) is 15.5. The van der Waals surface area contributed by atoms with Gasteiger partial charge in [0, 0.05) is 0 Å². The molecule has 1 nitrogen and oxygen atoms in total. The number of unbranched alkanes of at least 4 members (excludes halogenated alkanes) is 10. The number of carbonyl (C=O) groups excluding carboxylic acids is 1. The molecule has 0 rings (SSSR count). The molecule has 0 heterocycles. The fraction of sp³-hybridized carbons (Fsp3) is 0.833. The van der Waals surface area contributed by atoms with Crippen molar-refractivity contribution >= 4 is 6.29 Å². The molecule has 0 fully saturated rings. The maximum atomic E-state index is 10.1. The van der Waals surface area contributed by atoms with E-state index < -0.39 is 0 Å². The number of allylic oxidation sites excluding steroid dienone is 2. The van der Waals surface area contributed by atoms with Crippen molar-refractivity contribution in [2.75, 3.05) is 0 Å². The van der Waals surface area contributed by atoms with Gasteiger partial charge in [-0.3, -0.25) is 4.79 Å². The lowest BCUT2D eigenvalue weighted by Crippen LogP contribution is -1.87. The second-order valence-corrected chi connectivity index (χ2v) is 6.07. The fourth-order valence-electron chi connectivity index (χ4n) is 2.38.